The van der Waals surface area contributed by atoms with Crippen molar-refractivity contribution >= 4 is 5.69 Å². The summed E-state index contributed by atoms with van der Waals surface area (Å²) < 4.78 is 21.1. The summed E-state index contributed by atoms with van der Waals surface area (Å²) in [5, 5.41) is 25.5. The Bertz CT molecular complexity index is 1770. The number of benzene rings is 4. The summed E-state index contributed by atoms with van der Waals surface area (Å²) in [4.78, 5) is 16.9. The monoisotopic (exact) mass is 572 g/mol. The van der Waals surface area contributed by atoms with Crippen LogP contribution in [0.15, 0.2) is 121 Å². The molecule has 0 bridgehead atoms. The molecule has 0 N–H and O–H groups in total. The molecule has 9 nitrogen and oxygen atoms in total. The summed E-state index contributed by atoms with van der Waals surface area (Å²) in [6.45, 7) is 2.25. The molecule has 4 aromatic carbocycles. The standard InChI is InChI=1S/C33H25FN6O3/c1-2-43-30-19-18-23(22-35-30)31-28(20-27(39(41)42)21-29(31)34)32-36-38-40(37-32)33(24-12-6-3-7-13-24,25-14-8-4-9-15-25)26-16-10-5-11-17-26/h3-22H,2H2,1H3. The Labute approximate surface area is 246 Å². The van der Waals surface area contributed by atoms with E-state index in [2.05, 4.69) is 15.3 Å². The van der Waals surface area contributed by atoms with E-state index in [-0.39, 0.29) is 17.0 Å². The molecule has 0 aliphatic carbocycles. The second-order valence-electron chi connectivity index (χ2n) is 9.64. The molecule has 2 aromatic heterocycles. The smallest absolute Gasteiger partial charge is 0.273 e. The summed E-state index contributed by atoms with van der Waals surface area (Å²) in [6.07, 6.45) is 1.45. The molecule has 0 amide bonds. The lowest BCUT2D eigenvalue weighted by Gasteiger charge is -2.34. The Morgan fingerprint density at radius 1 is 0.860 bits per heavy atom. The van der Waals surface area contributed by atoms with Gasteiger partial charge >= 0.3 is 0 Å². The Kier molecular flexibility index (Phi) is 7.40. The van der Waals surface area contributed by atoms with E-state index in [0.29, 0.717) is 18.1 Å². The molecule has 212 valence electrons. The number of nitro benzene ring substituents is 1. The Balaban J connectivity index is 1.61. The fourth-order valence-electron chi connectivity index (χ4n) is 5.28. The number of halogens is 1. The SMILES string of the molecule is CCOc1ccc(-c2c(F)cc([N+](=O)[O-])cc2-c2nnn(C(c3ccccc3)(c3ccccc3)c3ccccc3)n2)cn1. The summed E-state index contributed by atoms with van der Waals surface area (Å²) in [6, 6.07) is 34.6. The fourth-order valence-corrected chi connectivity index (χ4v) is 5.28. The molecular weight excluding hydrogens is 547 g/mol. The predicted molar refractivity (Wildman–Crippen MR) is 159 cm³/mol. The van der Waals surface area contributed by atoms with Crippen LogP contribution in [0.4, 0.5) is 10.1 Å². The van der Waals surface area contributed by atoms with Crippen LogP contribution in [0.2, 0.25) is 0 Å². The zero-order valence-electron chi connectivity index (χ0n) is 23.0. The maximum Gasteiger partial charge on any atom is 0.273 e. The van der Waals surface area contributed by atoms with E-state index in [0.717, 1.165) is 22.8 Å². The van der Waals surface area contributed by atoms with Crippen molar-refractivity contribution in [2.24, 2.45) is 0 Å². The molecule has 0 atom stereocenters. The summed E-state index contributed by atoms with van der Waals surface area (Å²) in [5.74, 6) is -0.428. The lowest BCUT2D eigenvalue weighted by Crippen LogP contribution is -2.39. The molecule has 0 unspecified atom stereocenters. The molecule has 0 fully saturated rings. The lowest BCUT2D eigenvalue weighted by atomic mass is 9.77. The van der Waals surface area contributed by atoms with Crippen LogP contribution in [-0.2, 0) is 5.54 Å². The van der Waals surface area contributed by atoms with Crippen molar-refractivity contribution < 1.29 is 14.1 Å². The van der Waals surface area contributed by atoms with Gasteiger partial charge in [-0.15, -0.1) is 15.0 Å². The summed E-state index contributed by atoms with van der Waals surface area (Å²) in [7, 11) is 0. The number of aromatic nitrogens is 5. The first-order chi connectivity index (χ1) is 21.0. The van der Waals surface area contributed by atoms with Crippen molar-refractivity contribution in [3.8, 4) is 28.4 Å². The van der Waals surface area contributed by atoms with Crippen LogP contribution in [0.5, 0.6) is 5.88 Å². The van der Waals surface area contributed by atoms with Gasteiger partial charge in [0, 0.05) is 35.0 Å². The number of non-ortho nitro benzene ring substituents is 1. The molecule has 6 rings (SSSR count). The maximum absolute atomic E-state index is 15.7. The van der Waals surface area contributed by atoms with E-state index in [1.165, 1.54) is 17.1 Å². The number of ether oxygens (including phenoxy) is 1. The summed E-state index contributed by atoms with van der Waals surface area (Å²) in [5.41, 5.74) is 1.61. The number of tetrazole rings is 1. The third-order valence-corrected chi connectivity index (χ3v) is 7.13. The van der Waals surface area contributed by atoms with Crippen molar-refractivity contribution in [3.63, 3.8) is 0 Å². The normalized spacial score (nSPS) is 11.3. The zero-order valence-corrected chi connectivity index (χ0v) is 23.0. The van der Waals surface area contributed by atoms with Gasteiger partial charge in [-0.25, -0.2) is 9.37 Å². The van der Waals surface area contributed by atoms with E-state index in [4.69, 9.17) is 9.84 Å². The van der Waals surface area contributed by atoms with Crippen molar-refractivity contribution in [3.05, 3.63) is 154 Å². The van der Waals surface area contributed by atoms with Gasteiger partial charge in [0.05, 0.1) is 17.6 Å². The van der Waals surface area contributed by atoms with Crippen LogP contribution in [0.3, 0.4) is 0 Å². The van der Waals surface area contributed by atoms with Gasteiger partial charge in [-0.3, -0.25) is 10.1 Å². The van der Waals surface area contributed by atoms with Crippen molar-refractivity contribution in [2.75, 3.05) is 6.61 Å². The van der Waals surface area contributed by atoms with E-state index >= 15 is 4.39 Å². The van der Waals surface area contributed by atoms with Crippen LogP contribution in [-0.4, -0.2) is 36.7 Å². The number of rotatable bonds is 9. The van der Waals surface area contributed by atoms with E-state index in [9.17, 15) is 10.1 Å². The molecule has 10 heteroatoms. The molecule has 2 heterocycles. The minimum atomic E-state index is -1.07. The molecule has 0 saturated heterocycles. The molecule has 6 aromatic rings. The highest BCUT2D eigenvalue weighted by molar-refractivity contribution is 5.82. The molecule has 0 aliphatic heterocycles. The number of hydrogen-bond donors (Lipinski definition) is 0. The van der Waals surface area contributed by atoms with Gasteiger partial charge in [0.15, 0.2) is 5.54 Å². The van der Waals surface area contributed by atoms with Gasteiger partial charge in [-0.05, 0) is 34.9 Å². The second kappa shape index (κ2) is 11.6. The van der Waals surface area contributed by atoms with Gasteiger partial charge < -0.3 is 4.74 Å². The van der Waals surface area contributed by atoms with Crippen LogP contribution < -0.4 is 4.74 Å². The van der Waals surface area contributed by atoms with Gasteiger partial charge in [0.2, 0.25) is 11.7 Å². The molecule has 0 saturated carbocycles. The average Bonchev–Trinajstić information content (AvgIpc) is 3.54. The number of pyridine rings is 1. The Hall–Kier alpha value is -5.77. The number of nitrogens with zero attached hydrogens (tertiary/aromatic N) is 6. The van der Waals surface area contributed by atoms with E-state index in [1.54, 1.807) is 12.1 Å². The summed E-state index contributed by atoms with van der Waals surface area (Å²) >= 11 is 0. The third kappa shape index (κ3) is 4.99. The van der Waals surface area contributed by atoms with Gasteiger partial charge in [0.1, 0.15) is 5.82 Å². The fraction of sp³-hybridized carbons (Fsp3) is 0.0909. The highest BCUT2D eigenvalue weighted by Crippen LogP contribution is 2.41. The quantitative estimate of drug-likeness (QED) is 0.108. The van der Waals surface area contributed by atoms with Gasteiger partial charge in [0.25, 0.3) is 5.69 Å². The molecule has 43 heavy (non-hydrogen) atoms. The highest BCUT2D eigenvalue weighted by Gasteiger charge is 2.41. The van der Waals surface area contributed by atoms with E-state index < -0.39 is 22.0 Å². The van der Waals surface area contributed by atoms with Crippen molar-refractivity contribution in [1.29, 1.82) is 0 Å². The second-order valence-corrected chi connectivity index (χ2v) is 9.64. The first-order valence-corrected chi connectivity index (χ1v) is 13.6. The molecule has 0 aliphatic rings. The maximum atomic E-state index is 15.7. The lowest BCUT2D eigenvalue weighted by molar-refractivity contribution is -0.385. The predicted octanol–water partition coefficient (Wildman–Crippen LogP) is 6.69. The average molecular weight is 573 g/mol. The van der Waals surface area contributed by atoms with Crippen LogP contribution in [0.25, 0.3) is 22.5 Å². The molecule has 0 radical (unpaired) electrons. The third-order valence-electron chi connectivity index (χ3n) is 7.13. The zero-order chi connectivity index (χ0) is 29.8. The largest absolute Gasteiger partial charge is 0.478 e. The highest BCUT2D eigenvalue weighted by atomic mass is 19.1. The first-order valence-electron chi connectivity index (χ1n) is 13.6. The molecule has 0 spiro atoms. The minimum Gasteiger partial charge on any atom is -0.478 e. The van der Waals surface area contributed by atoms with Crippen LogP contribution in [0.1, 0.15) is 23.6 Å². The van der Waals surface area contributed by atoms with Crippen LogP contribution >= 0.6 is 0 Å². The topological polar surface area (TPSA) is 109 Å². The Morgan fingerprint density at radius 2 is 1.44 bits per heavy atom. The number of nitro groups is 1. The minimum absolute atomic E-state index is 0.0126. The van der Waals surface area contributed by atoms with E-state index in [1.807, 2.05) is 97.9 Å². The number of hydrogen-bond acceptors (Lipinski definition) is 7. The first kappa shape index (κ1) is 27.4. The molecular formula is C33H25FN6O3. The van der Waals surface area contributed by atoms with Crippen molar-refractivity contribution in [1.82, 2.24) is 25.2 Å². The Morgan fingerprint density at radius 3 is 1.93 bits per heavy atom. The van der Waals surface area contributed by atoms with Gasteiger partial charge in [-0.1, -0.05) is 91.0 Å². The van der Waals surface area contributed by atoms with Crippen molar-refractivity contribution in [2.45, 2.75) is 12.5 Å². The van der Waals surface area contributed by atoms with Gasteiger partial charge in [-0.2, -0.15) is 0 Å². The van der Waals surface area contributed by atoms with Crippen LogP contribution in [0, 0.1) is 15.9 Å².